The number of benzene rings is 4. The van der Waals surface area contributed by atoms with E-state index in [0.717, 1.165) is 51.7 Å². The first kappa shape index (κ1) is 39.4. The molecular weight excluding hydrogens is 765 g/mol. The first-order valence-electron chi connectivity index (χ1n) is 18.4. The van der Waals surface area contributed by atoms with Gasteiger partial charge in [0.05, 0.1) is 35.5 Å². The number of hydrogen-bond donors (Lipinski definition) is 5. The van der Waals surface area contributed by atoms with Crippen molar-refractivity contribution in [1.29, 1.82) is 5.26 Å². The molecule has 2 atom stereocenters. The Labute approximate surface area is 339 Å². The lowest BCUT2D eigenvalue weighted by Crippen LogP contribution is -2.39. The number of rotatable bonds is 16. The van der Waals surface area contributed by atoms with E-state index in [2.05, 4.69) is 51.3 Å². The summed E-state index contributed by atoms with van der Waals surface area (Å²) >= 11 is 14.0. The molecular formula is C43H39Cl2N7O5. The monoisotopic (exact) mass is 803 g/mol. The van der Waals surface area contributed by atoms with Gasteiger partial charge in [0.1, 0.15) is 24.5 Å². The van der Waals surface area contributed by atoms with Crippen molar-refractivity contribution in [2.24, 2.45) is 0 Å². The predicted octanol–water partition coefficient (Wildman–Crippen LogP) is 6.47. The number of nitrogens with zero attached hydrogens (tertiary/aromatic N) is 4. The number of aliphatic hydroxyl groups excluding tert-OH is 1. The summed E-state index contributed by atoms with van der Waals surface area (Å²) in [5, 5.41) is 44.3. The van der Waals surface area contributed by atoms with Gasteiger partial charge in [0.25, 0.3) is 0 Å². The topological polar surface area (TPSA) is 174 Å². The van der Waals surface area contributed by atoms with Crippen molar-refractivity contribution in [2.75, 3.05) is 13.2 Å². The van der Waals surface area contributed by atoms with Crippen LogP contribution in [0.1, 0.15) is 40.7 Å². The summed E-state index contributed by atoms with van der Waals surface area (Å²) in [5.74, 6) is -0.634. The molecule has 14 heteroatoms. The second kappa shape index (κ2) is 18.0. The maximum Gasteiger partial charge on any atom is 0.323 e. The number of carbonyl (C=O) groups excluding carboxylic acids is 1. The number of amides is 1. The molecule has 1 aliphatic rings. The van der Waals surface area contributed by atoms with E-state index < -0.39 is 18.6 Å². The fraction of sp³-hybridized carbons (Fsp3) is 0.233. The Hall–Kier alpha value is -5.81. The van der Waals surface area contributed by atoms with Crippen LogP contribution in [0.15, 0.2) is 97.5 Å². The van der Waals surface area contributed by atoms with Crippen molar-refractivity contribution < 1.29 is 24.5 Å². The Morgan fingerprint density at radius 1 is 0.982 bits per heavy atom. The maximum absolute atomic E-state index is 11.6. The molecule has 0 spiro atoms. The molecule has 5 N–H and O–H groups in total. The van der Waals surface area contributed by atoms with E-state index >= 15 is 0 Å². The van der Waals surface area contributed by atoms with Crippen LogP contribution >= 0.6 is 23.2 Å². The van der Waals surface area contributed by atoms with Gasteiger partial charge in [0.2, 0.25) is 5.91 Å². The molecule has 12 nitrogen and oxygen atoms in total. The highest BCUT2D eigenvalue weighted by Crippen LogP contribution is 2.39. The molecule has 0 saturated carbocycles. The minimum absolute atomic E-state index is 0.0565. The molecule has 6 aromatic rings. The third kappa shape index (κ3) is 9.26. The van der Waals surface area contributed by atoms with Gasteiger partial charge in [-0.05, 0) is 52.9 Å². The third-order valence-electron chi connectivity index (χ3n) is 9.93. The Morgan fingerprint density at radius 3 is 2.53 bits per heavy atom. The molecule has 3 heterocycles. The number of nitriles is 1. The summed E-state index contributed by atoms with van der Waals surface area (Å²) in [4.78, 5) is 27.2. The van der Waals surface area contributed by atoms with Crippen molar-refractivity contribution in [3.05, 3.63) is 135 Å². The van der Waals surface area contributed by atoms with Crippen LogP contribution in [-0.4, -0.2) is 62.1 Å². The summed E-state index contributed by atoms with van der Waals surface area (Å²) < 4.78 is 8.06. The lowest BCUT2D eigenvalue weighted by atomic mass is 9.96. The van der Waals surface area contributed by atoms with Gasteiger partial charge in [-0.15, -0.1) is 0 Å². The average molecular weight is 805 g/mol. The number of halogens is 2. The SMILES string of the molecule is N#Cc1cncc(COc2cc(Cn3ncc4c(-c5cccc(-c6ccc(CNCC7CCC(=O)N7)cc6)c5Cl)cccc43)c(Cl)cc2CNC(CO)C(=O)O)c1. The summed E-state index contributed by atoms with van der Waals surface area (Å²) in [5.41, 5.74) is 8.04. The van der Waals surface area contributed by atoms with Crippen LogP contribution < -0.4 is 20.7 Å². The predicted molar refractivity (Wildman–Crippen MR) is 218 cm³/mol. The van der Waals surface area contributed by atoms with E-state index in [1.165, 1.54) is 6.20 Å². The highest BCUT2D eigenvalue weighted by atomic mass is 35.5. The largest absolute Gasteiger partial charge is 0.489 e. The van der Waals surface area contributed by atoms with E-state index in [9.17, 15) is 25.1 Å². The van der Waals surface area contributed by atoms with E-state index in [1.807, 2.05) is 47.3 Å². The number of aliphatic hydroxyl groups is 1. The van der Waals surface area contributed by atoms with Gasteiger partial charge in [-0.1, -0.05) is 77.8 Å². The van der Waals surface area contributed by atoms with Crippen molar-refractivity contribution in [3.8, 4) is 34.1 Å². The van der Waals surface area contributed by atoms with E-state index in [-0.39, 0.29) is 25.1 Å². The third-order valence-corrected chi connectivity index (χ3v) is 10.7. The standard InChI is InChI=1S/C43H39Cl2N7O5/c44-37-14-30(20-49-38(24-53)43(55)56)40(57-25-28-13-27(16-46)18-47-19-28)15-31(37)23-52-39-6-2-4-34(36(39)22-50-52)35-5-1-3-33(42(35)45)29-9-7-26(8-10-29)17-48-21-32-11-12-41(54)51-32/h1-10,13-15,18-19,22,32,38,48-49,53H,11-12,17,20-21,23-25H2,(H,51,54)(H,55,56). The molecule has 290 valence electrons. The van der Waals surface area contributed by atoms with E-state index in [0.29, 0.717) is 57.6 Å². The molecule has 2 unspecified atom stereocenters. The first-order valence-corrected chi connectivity index (χ1v) is 19.1. The van der Waals surface area contributed by atoms with Gasteiger partial charge >= 0.3 is 5.97 Å². The molecule has 7 rings (SSSR count). The molecule has 4 aromatic carbocycles. The summed E-state index contributed by atoms with van der Waals surface area (Å²) in [6.07, 6.45) is 6.33. The van der Waals surface area contributed by atoms with Gasteiger partial charge < -0.3 is 25.6 Å². The number of pyridine rings is 1. The number of carboxylic acids is 1. The number of hydrogen-bond acceptors (Lipinski definition) is 9. The Kier molecular flexibility index (Phi) is 12.4. The average Bonchev–Trinajstić information content (AvgIpc) is 3.84. The first-order chi connectivity index (χ1) is 27.7. The van der Waals surface area contributed by atoms with Crippen LogP contribution in [0.5, 0.6) is 5.75 Å². The zero-order valence-corrected chi connectivity index (χ0v) is 32.2. The lowest BCUT2D eigenvalue weighted by molar-refractivity contribution is -0.140. The number of carbonyl (C=O) groups is 2. The van der Waals surface area contributed by atoms with Crippen LogP contribution in [0.4, 0.5) is 0 Å². The smallest absolute Gasteiger partial charge is 0.323 e. The summed E-state index contributed by atoms with van der Waals surface area (Å²) in [6.45, 7) is 1.28. The number of ether oxygens (including phenoxy) is 1. The second-order valence-corrected chi connectivity index (χ2v) is 14.6. The van der Waals surface area contributed by atoms with Gasteiger partial charge in [0, 0.05) is 77.2 Å². The fourth-order valence-corrected chi connectivity index (χ4v) is 7.48. The molecule has 1 fully saturated rings. The Bertz CT molecular complexity index is 2470. The number of carboxylic acid groups (broad SMARTS) is 1. The highest BCUT2D eigenvalue weighted by molar-refractivity contribution is 6.36. The van der Waals surface area contributed by atoms with Gasteiger partial charge in [0.15, 0.2) is 0 Å². The summed E-state index contributed by atoms with van der Waals surface area (Å²) in [7, 11) is 0. The van der Waals surface area contributed by atoms with Crippen LogP contribution in [0.2, 0.25) is 10.0 Å². The van der Waals surface area contributed by atoms with Gasteiger partial charge in [-0.2, -0.15) is 10.4 Å². The Balaban J connectivity index is 1.12. The van der Waals surface area contributed by atoms with E-state index in [1.54, 1.807) is 24.4 Å². The quantitative estimate of drug-likeness (QED) is 0.0730. The highest BCUT2D eigenvalue weighted by Gasteiger charge is 2.21. The maximum atomic E-state index is 11.6. The summed E-state index contributed by atoms with van der Waals surface area (Å²) in [6, 6.07) is 26.5. The molecule has 57 heavy (non-hydrogen) atoms. The zero-order valence-electron chi connectivity index (χ0n) is 30.7. The molecule has 1 amide bonds. The number of fused-ring (bicyclic) bond motifs is 1. The normalized spacial score (nSPS) is 14.4. The minimum Gasteiger partial charge on any atom is -0.489 e. The van der Waals surface area contributed by atoms with Crippen LogP contribution in [-0.2, 0) is 35.8 Å². The van der Waals surface area contributed by atoms with Crippen LogP contribution in [0.25, 0.3) is 33.2 Å². The van der Waals surface area contributed by atoms with Crippen molar-refractivity contribution in [1.82, 2.24) is 30.7 Å². The molecule has 0 radical (unpaired) electrons. The van der Waals surface area contributed by atoms with Crippen LogP contribution in [0.3, 0.4) is 0 Å². The van der Waals surface area contributed by atoms with E-state index in [4.69, 9.17) is 33.0 Å². The minimum atomic E-state index is -1.19. The molecule has 1 saturated heterocycles. The number of aromatic nitrogens is 3. The van der Waals surface area contributed by atoms with Crippen LogP contribution in [0, 0.1) is 11.3 Å². The van der Waals surface area contributed by atoms with Crippen molar-refractivity contribution >= 4 is 46.0 Å². The van der Waals surface area contributed by atoms with Crippen molar-refractivity contribution in [2.45, 2.75) is 51.2 Å². The Morgan fingerprint density at radius 2 is 1.77 bits per heavy atom. The molecule has 1 aliphatic heterocycles. The number of nitrogens with one attached hydrogen (secondary N) is 3. The second-order valence-electron chi connectivity index (χ2n) is 13.8. The van der Waals surface area contributed by atoms with Crippen molar-refractivity contribution in [3.63, 3.8) is 0 Å². The molecule has 0 bridgehead atoms. The van der Waals surface area contributed by atoms with Gasteiger partial charge in [-0.25, -0.2) is 0 Å². The zero-order chi connectivity index (χ0) is 39.9. The fourth-order valence-electron chi connectivity index (χ4n) is 6.89. The molecule has 2 aromatic heterocycles. The van der Waals surface area contributed by atoms with Gasteiger partial charge in [-0.3, -0.25) is 24.6 Å². The number of aliphatic carboxylic acids is 1. The molecule has 0 aliphatic carbocycles. The lowest BCUT2D eigenvalue weighted by Gasteiger charge is -2.18.